The van der Waals surface area contributed by atoms with Gasteiger partial charge in [-0.2, -0.15) is 0 Å². The number of carboxylic acids is 1. The molecular formula is C28H27ClN2O6S. The number of allylic oxidation sites excluding steroid dienone is 1. The van der Waals surface area contributed by atoms with Crippen molar-refractivity contribution in [2.75, 3.05) is 0 Å². The maximum atomic E-state index is 13.7. The molecule has 0 spiro atoms. The van der Waals surface area contributed by atoms with Gasteiger partial charge >= 0.3 is 11.9 Å². The molecule has 0 bridgehead atoms. The number of carboxylic acid groups (broad SMARTS) is 1. The number of nitrogens with zero attached hydrogens (tertiary/aromatic N) is 2. The number of aromatic nitrogens is 1. The minimum atomic E-state index is -1.38. The van der Waals surface area contributed by atoms with Crippen LogP contribution in [0.3, 0.4) is 0 Å². The van der Waals surface area contributed by atoms with E-state index >= 15 is 0 Å². The average Bonchev–Trinajstić information content (AvgIpc) is 3.13. The molecule has 1 atom stereocenters. The van der Waals surface area contributed by atoms with Crippen LogP contribution in [0, 0.1) is 0 Å². The van der Waals surface area contributed by atoms with Crippen molar-refractivity contribution < 1.29 is 24.2 Å². The van der Waals surface area contributed by atoms with Crippen LogP contribution in [-0.4, -0.2) is 33.3 Å². The van der Waals surface area contributed by atoms with Crippen molar-refractivity contribution in [1.82, 2.24) is 4.57 Å². The molecule has 1 aromatic heterocycles. The molecule has 1 N–H and O–H groups in total. The van der Waals surface area contributed by atoms with E-state index in [1.807, 2.05) is 0 Å². The van der Waals surface area contributed by atoms with Gasteiger partial charge in [-0.15, -0.1) is 0 Å². The smallest absolute Gasteiger partial charge is 0.347 e. The molecule has 0 amide bonds. The van der Waals surface area contributed by atoms with E-state index in [4.69, 9.17) is 21.1 Å². The van der Waals surface area contributed by atoms with E-state index in [1.54, 1.807) is 75.4 Å². The number of thiazole rings is 1. The van der Waals surface area contributed by atoms with E-state index in [-0.39, 0.29) is 11.7 Å². The standard InChI is InChI=1S/C28H27ClN2O6S/c1-15(2)36-25(33)22-16(3)30-27-31(23(22)18-8-10-19(29)11-9-18)24(32)21(38-27)14-17-6-12-20(13-7-17)37-28(4,5)26(34)35/h6-15,23H,1-5H3,(H,34,35)/b21-14-. The van der Waals surface area contributed by atoms with Crippen LogP contribution in [-0.2, 0) is 14.3 Å². The molecule has 1 aliphatic rings. The third-order valence-electron chi connectivity index (χ3n) is 5.84. The molecule has 2 heterocycles. The average molecular weight is 555 g/mol. The van der Waals surface area contributed by atoms with Gasteiger partial charge in [-0.3, -0.25) is 9.36 Å². The van der Waals surface area contributed by atoms with Crippen LogP contribution in [0.1, 0.15) is 51.8 Å². The summed E-state index contributed by atoms with van der Waals surface area (Å²) in [4.78, 5) is 43.2. The zero-order valence-electron chi connectivity index (χ0n) is 21.5. The number of hydrogen-bond acceptors (Lipinski definition) is 7. The second kappa shape index (κ2) is 10.6. The van der Waals surface area contributed by atoms with Gasteiger partial charge in [0.05, 0.1) is 27.9 Å². The van der Waals surface area contributed by atoms with Crippen LogP contribution < -0.4 is 19.6 Å². The van der Waals surface area contributed by atoms with Crippen molar-refractivity contribution in [3.05, 3.63) is 95.6 Å². The number of esters is 1. The summed E-state index contributed by atoms with van der Waals surface area (Å²) in [6.07, 6.45) is 1.38. The summed E-state index contributed by atoms with van der Waals surface area (Å²) in [7, 11) is 0. The third-order valence-corrected chi connectivity index (χ3v) is 7.07. The highest BCUT2D eigenvalue weighted by Gasteiger charge is 2.34. The number of fused-ring (bicyclic) bond motifs is 1. The summed E-state index contributed by atoms with van der Waals surface area (Å²) in [6, 6.07) is 13.0. The van der Waals surface area contributed by atoms with Crippen molar-refractivity contribution in [3.63, 3.8) is 0 Å². The van der Waals surface area contributed by atoms with Gasteiger partial charge in [0.1, 0.15) is 5.75 Å². The summed E-state index contributed by atoms with van der Waals surface area (Å²) in [6.45, 7) is 8.19. The summed E-state index contributed by atoms with van der Waals surface area (Å²) >= 11 is 7.32. The predicted molar refractivity (Wildman–Crippen MR) is 145 cm³/mol. The fraction of sp³-hybridized carbons (Fsp3) is 0.286. The van der Waals surface area contributed by atoms with Crippen LogP contribution in [0.5, 0.6) is 5.75 Å². The van der Waals surface area contributed by atoms with Crippen LogP contribution in [0.15, 0.2) is 69.6 Å². The lowest BCUT2D eigenvalue weighted by atomic mass is 9.96. The molecule has 4 rings (SSSR count). The Morgan fingerprint density at radius 2 is 1.76 bits per heavy atom. The van der Waals surface area contributed by atoms with Gasteiger partial charge in [0.15, 0.2) is 10.4 Å². The van der Waals surface area contributed by atoms with Gasteiger partial charge in [0.2, 0.25) is 0 Å². The fourth-order valence-electron chi connectivity index (χ4n) is 3.94. The normalized spacial score (nSPS) is 15.8. The molecular weight excluding hydrogens is 528 g/mol. The van der Waals surface area contributed by atoms with Crippen LogP contribution in [0.25, 0.3) is 6.08 Å². The van der Waals surface area contributed by atoms with Crippen LogP contribution >= 0.6 is 22.9 Å². The second-order valence-electron chi connectivity index (χ2n) is 9.57. The molecule has 0 aliphatic carbocycles. The Balaban J connectivity index is 1.80. The van der Waals surface area contributed by atoms with Crippen molar-refractivity contribution in [3.8, 4) is 5.75 Å². The molecule has 1 unspecified atom stereocenters. The Hall–Kier alpha value is -3.69. The first-order valence-electron chi connectivity index (χ1n) is 11.9. The topological polar surface area (TPSA) is 107 Å². The van der Waals surface area contributed by atoms with Crippen molar-refractivity contribution >= 4 is 41.0 Å². The Morgan fingerprint density at radius 3 is 2.34 bits per heavy atom. The molecule has 0 saturated carbocycles. The van der Waals surface area contributed by atoms with E-state index in [0.29, 0.717) is 42.5 Å². The van der Waals surface area contributed by atoms with Gasteiger partial charge in [0.25, 0.3) is 5.56 Å². The molecule has 10 heteroatoms. The maximum absolute atomic E-state index is 13.7. The number of aliphatic carboxylic acids is 1. The summed E-state index contributed by atoms with van der Waals surface area (Å²) in [5.41, 5.74) is 0.509. The lowest BCUT2D eigenvalue weighted by Gasteiger charge is -2.25. The Morgan fingerprint density at radius 1 is 1.13 bits per heavy atom. The molecule has 0 fully saturated rings. The van der Waals surface area contributed by atoms with Gasteiger partial charge in [-0.25, -0.2) is 14.6 Å². The molecule has 8 nitrogen and oxygen atoms in total. The van der Waals surface area contributed by atoms with Gasteiger partial charge in [0, 0.05) is 5.02 Å². The van der Waals surface area contributed by atoms with E-state index in [9.17, 15) is 19.5 Å². The van der Waals surface area contributed by atoms with E-state index in [1.165, 1.54) is 29.8 Å². The monoisotopic (exact) mass is 554 g/mol. The fourth-order valence-corrected chi connectivity index (χ4v) is 5.12. The first-order chi connectivity index (χ1) is 17.9. The summed E-state index contributed by atoms with van der Waals surface area (Å²) in [5, 5.41) is 9.81. The van der Waals surface area contributed by atoms with Crippen molar-refractivity contribution in [1.29, 1.82) is 0 Å². The first kappa shape index (κ1) is 27.3. The number of halogens is 1. The molecule has 2 aromatic carbocycles. The molecule has 38 heavy (non-hydrogen) atoms. The lowest BCUT2D eigenvalue weighted by Crippen LogP contribution is -2.40. The number of hydrogen-bond donors (Lipinski definition) is 1. The highest BCUT2D eigenvalue weighted by atomic mass is 35.5. The first-order valence-corrected chi connectivity index (χ1v) is 13.1. The molecule has 3 aromatic rings. The number of rotatable bonds is 7. The molecule has 1 aliphatic heterocycles. The Bertz CT molecular complexity index is 1600. The zero-order chi connectivity index (χ0) is 27.8. The Labute approximate surface area is 228 Å². The van der Waals surface area contributed by atoms with E-state index < -0.39 is 23.6 Å². The predicted octanol–water partition coefficient (Wildman–Crippen LogP) is 4.08. The molecule has 198 valence electrons. The van der Waals surface area contributed by atoms with Crippen LogP contribution in [0.2, 0.25) is 5.02 Å². The van der Waals surface area contributed by atoms with Gasteiger partial charge < -0.3 is 14.6 Å². The number of carbonyl (C=O) groups excluding carboxylic acids is 1. The highest BCUT2D eigenvalue weighted by molar-refractivity contribution is 7.07. The van der Waals surface area contributed by atoms with E-state index in [0.717, 1.165) is 0 Å². The Kier molecular flexibility index (Phi) is 7.62. The highest BCUT2D eigenvalue weighted by Crippen LogP contribution is 2.31. The van der Waals surface area contributed by atoms with Crippen LogP contribution in [0.4, 0.5) is 0 Å². The summed E-state index contributed by atoms with van der Waals surface area (Å²) in [5.74, 6) is -1.22. The maximum Gasteiger partial charge on any atom is 0.347 e. The second-order valence-corrected chi connectivity index (χ2v) is 11.0. The summed E-state index contributed by atoms with van der Waals surface area (Å²) < 4.78 is 13.0. The SMILES string of the molecule is CC1=C(C(=O)OC(C)C)C(c2ccc(Cl)cc2)n2c(s/c(=C\c3ccc(OC(C)(C)C(=O)O)cc3)c2=O)=N1. The minimum absolute atomic E-state index is 0.294. The van der Waals surface area contributed by atoms with Gasteiger partial charge in [-0.1, -0.05) is 47.2 Å². The molecule has 0 radical (unpaired) electrons. The lowest BCUT2D eigenvalue weighted by molar-refractivity contribution is -0.152. The molecule has 0 saturated heterocycles. The largest absolute Gasteiger partial charge is 0.478 e. The van der Waals surface area contributed by atoms with Crippen molar-refractivity contribution in [2.45, 2.75) is 52.4 Å². The zero-order valence-corrected chi connectivity index (χ0v) is 23.1. The number of ether oxygens (including phenoxy) is 2. The van der Waals surface area contributed by atoms with Crippen molar-refractivity contribution in [2.24, 2.45) is 4.99 Å². The van der Waals surface area contributed by atoms with Gasteiger partial charge in [-0.05, 0) is 76.1 Å². The quantitative estimate of drug-likeness (QED) is 0.441. The number of benzene rings is 2. The van der Waals surface area contributed by atoms with E-state index in [2.05, 4.69) is 4.99 Å². The minimum Gasteiger partial charge on any atom is -0.478 e. The third kappa shape index (κ3) is 5.58. The number of carbonyl (C=O) groups is 2.